The van der Waals surface area contributed by atoms with Gasteiger partial charge in [0.05, 0.1) is 10.2 Å². The minimum absolute atomic E-state index is 0.742. The van der Waals surface area contributed by atoms with E-state index in [1.54, 1.807) is 0 Å². The summed E-state index contributed by atoms with van der Waals surface area (Å²) >= 11 is 3.52. The predicted octanol–water partition coefficient (Wildman–Crippen LogP) is 2.30. The number of nitrogens with zero attached hydrogens (tertiary/aromatic N) is 3. The molecule has 0 fully saturated rings. The van der Waals surface area contributed by atoms with Crippen molar-refractivity contribution in [2.24, 2.45) is 0 Å². The van der Waals surface area contributed by atoms with E-state index in [1.165, 1.54) is 0 Å². The van der Waals surface area contributed by atoms with Crippen molar-refractivity contribution in [3.05, 3.63) is 10.2 Å². The fourth-order valence-electron chi connectivity index (χ4n) is 1.20. The van der Waals surface area contributed by atoms with Crippen LogP contribution < -0.4 is 10.2 Å². The lowest BCUT2D eigenvalue weighted by atomic mass is 10.3. The van der Waals surface area contributed by atoms with Crippen LogP contribution >= 0.6 is 15.9 Å². The molecule has 0 atom stereocenters. The topological polar surface area (TPSA) is 41.1 Å². The number of aromatic nitrogens is 2. The van der Waals surface area contributed by atoms with E-state index in [-0.39, 0.29) is 0 Å². The highest BCUT2D eigenvalue weighted by molar-refractivity contribution is 9.10. The van der Waals surface area contributed by atoms with Crippen molar-refractivity contribution in [2.45, 2.75) is 20.3 Å². The first-order valence-electron chi connectivity index (χ1n) is 5.07. The van der Waals surface area contributed by atoms with E-state index in [0.717, 1.165) is 34.9 Å². The van der Waals surface area contributed by atoms with E-state index in [0.29, 0.717) is 0 Å². The first-order chi connectivity index (χ1) is 7.10. The summed E-state index contributed by atoms with van der Waals surface area (Å²) in [5.41, 5.74) is 1.03. The Labute approximate surface area is 99.2 Å². The molecule has 0 saturated heterocycles. The highest BCUT2D eigenvalue weighted by atomic mass is 79.9. The van der Waals surface area contributed by atoms with Crippen LogP contribution in [0.25, 0.3) is 0 Å². The van der Waals surface area contributed by atoms with Gasteiger partial charge in [-0.05, 0) is 29.3 Å². The zero-order valence-electron chi connectivity index (χ0n) is 9.63. The number of halogens is 1. The third kappa shape index (κ3) is 2.81. The second-order valence-corrected chi connectivity index (χ2v) is 4.20. The number of nitrogens with one attached hydrogen (secondary N) is 1. The van der Waals surface area contributed by atoms with Gasteiger partial charge in [-0.2, -0.15) is 4.98 Å². The molecule has 0 aliphatic carbocycles. The van der Waals surface area contributed by atoms with Gasteiger partial charge in [-0.3, -0.25) is 0 Å². The van der Waals surface area contributed by atoms with Crippen molar-refractivity contribution in [1.82, 2.24) is 9.97 Å². The van der Waals surface area contributed by atoms with Crippen molar-refractivity contribution >= 4 is 27.7 Å². The zero-order valence-corrected chi connectivity index (χ0v) is 11.2. The van der Waals surface area contributed by atoms with Gasteiger partial charge in [0, 0.05) is 20.6 Å². The van der Waals surface area contributed by atoms with E-state index in [1.807, 2.05) is 19.0 Å². The van der Waals surface area contributed by atoms with E-state index >= 15 is 0 Å². The highest BCUT2D eigenvalue weighted by Gasteiger charge is 2.11. The van der Waals surface area contributed by atoms with Crippen LogP contribution in [0.5, 0.6) is 0 Å². The van der Waals surface area contributed by atoms with Crippen LogP contribution in [0, 0.1) is 0 Å². The standard InChI is InChI=1S/C10H17BrN4/c1-5-7-8(11)9(12-6-2)14-10(13-7)15(3)4/h5-6H2,1-4H3,(H,12,13,14). The Balaban J connectivity index is 3.19. The van der Waals surface area contributed by atoms with Crippen LogP contribution in [0.2, 0.25) is 0 Å². The molecule has 1 aromatic rings. The first kappa shape index (κ1) is 12.2. The molecule has 0 aliphatic rings. The molecule has 1 rings (SSSR count). The maximum atomic E-state index is 4.46. The molecule has 1 aromatic heterocycles. The normalized spacial score (nSPS) is 10.2. The Morgan fingerprint density at radius 2 is 1.93 bits per heavy atom. The van der Waals surface area contributed by atoms with Crippen molar-refractivity contribution in [3.8, 4) is 0 Å². The number of hydrogen-bond acceptors (Lipinski definition) is 4. The molecule has 1 N–H and O–H groups in total. The van der Waals surface area contributed by atoms with E-state index in [2.05, 4.69) is 45.1 Å². The lowest BCUT2D eigenvalue weighted by Gasteiger charge is -2.15. The van der Waals surface area contributed by atoms with Crippen LogP contribution in [0.1, 0.15) is 19.5 Å². The van der Waals surface area contributed by atoms with Crippen LogP contribution in [-0.4, -0.2) is 30.6 Å². The fraction of sp³-hybridized carbons (Fsp3) is 0.600. The van der Waals surface area contributed by atoms with Gasteiger partial charge < -0.3 is 10.2 Å². The zero-order chi connectivity index (χ0) is 11.4. The maximum Gasteiger partial charge on any atom is 0.227 e. The molecule has 0 spiro atoms. The SMILES string of the molecule is CCNc1nc(N(C)C)nc(CC)c1Br. The Hall–Kier alpha value is -0.840. The molecule has 1 heterocycles. The summed E-state index contributed by atoms with van der Waals surface area (Å²) in [5.74, 6) is 1.61. The van der Waals surface area contributed by atoms with Gasteiger partial charge >= 0.3 is 0 Å². The summed E-state index contributed by atoms with van der Waals surface area (Å²) in [6.45, 7) is 4.99. The summed E-state index contributed by atoms with van der Waals surface area (Å²) in [7, 11) is 3.89. The van der Waals surface area contributed by atoms with Gasteiger partial charge in [-0.1, -0.05) is 6.92 Å². The molecule has 4 nitrogen and oxygen atoms in total. The Morgan fingerprint density at radius 1 is 1.27 bits per heavy atom. The number of hydrogen-bond donors (Lipinski definition) is 1. The van der Waals surface area contributed by atoms with Gasteiger partial charge in [-0.25, -0.2) is 4.98 Å². The highest BCUT2D eigenvalue weighted by Crippen LogP contribution is 2.25. The monoisotopic (exact) mass is 272 g/mol. The number of anilines is 2. The van der Waals surface area contributed by atoms with Gasteiger partial charge in [0.25, 0.3) is 0 Å². The number of rotatable bonds is 4. The molecule has 5 heteroatoms. The van der Waals surface area contributed by atoms with Crippen molar-refractivity contribution in [1.29, 1.82) is 0 Å². The van der Waals surface area contributed by atoms with Crippen LogP contribution in [0.3, 0.4) is 0 Å². The lowest BCUT2D eigenvalue weighted by molar-refractivity contribution is 0.927. The predicted molar refractivity (Wildman–Crippen MR) is 67.6 cm³/mol. The minimum Gasteiger partial charge on any atom is -0.369 e. The van der Waals surface area contributed by atoms with Gasteiger partial charge in [0.2, 0.25) is 5.95 Å². The fourth-order valence-corrected chi connectivity index (χ4v) is 1.80. The molecule has 0 radical (unpaired) electrons. The summed E-state index contributed by atoms with van der Waals surface area (Å²) in [4.78, 5) is 10.8. The van der Waals surface area contributed by atoms with Crippen LogP contribution in [-0.2, 0) is 6.42 Å². The molecule has 15 heavy (non-hydrogen) atoms. The molecule has 0 aromatic carbocycles. The summed E-state index contributed by atoms with van der Waals surface area (Å²) in [6, 6.07) is 0. The quantitative estimate of drug-likeness (QED) is 0.914. The second kappa shape index (κ2) is 5.30. The average Bonchev–Trinajstić information content (AvgIpc) is 2.21. The molecule has 0 unspecified atom stereocenters. The van der Waals surface area contributed by atoms with Crippen LogP contribution in [0.4, 0.5) is 11.8 Å². The third-order valence-electron chi connectivity index (χ3n) is 1.99. The van der Waals surface area contributed by atoms with E-state index < -0.39 is 0 Å². The Kier molecular flexibility index (Phi) is 4.32. The summed E-state index contributed by atoms with van der Waals surface area (Å²) in [5, 5.41) is 3.22. The van der Waals surface area contributed by atoms with Gasteiger partial charge in [-0.15, -0.1) is 0 Å². The average molecular weight is 273 g/mol. The van der Waals surface area contributed by atoms with E-state index in [9.17, 15) is 0 Å². The van der Waals surface area contributed by atoms with Crippen molar-refractivity contribution in [3.63, 3.8) is 0 Å². The van der Waals surface area contributed by atoms with Crippen molar-refractivity contribution in [2.75, 3.05) is 30.9 Å². The lowest BCUT2D eigenvalue weighted by Crippen LogP contribution is -2.15. The molecule has 0 aliphatic heterocycles. The van der Waals surface area contributed by atoms with Crippen molar-refractivity contribution < 1.29 is 0 Å². The minimum atomic E-state index is 0.742. The maximum absolute atomic E-state index is 4.46. The third-order valence-corrected chi connectivity index (χ3v) is 2.82. The van der Waals surface area contributed by atoms with E-state index in [4.69, 9.17) is 0 Å². The van der Waals surface area contributed by atoms with Gasteiger partial charge in [0.1, 0.15) is 5.82 Å². The molecule has 0 amide bonds. The smallest absolute Gasteiger partial charge is 0.227 e. The molecule has 84 valence electrons. The number of aryl methyl sites for hydroxylation is 1. The molecular formula is C10H17BrN4. The molecule has 0 bridgehead atoms. The summed E-state index contributed by atoms with van der Waals surface area (Å²) in [6.07, 6.45) is 0.891. The second-order valence-electron chi connectivity index (χ2n) is 3.41. The molecule has 0 saturated carbocycles. The Bertz CT molecular complexity index is 338. The first-order valence-corrected chi connectivity index (χ1v) is 5.87. The summed E-state index contributed by atoms with van der Waals surface area (Å²) < 4.78 is 0.970. The largest absolute Gasteiger partial charge is 0.369 e. The van der Waals surface area contributed by atoms with Gasteiger partial charge in [0.15, 0.2) is 0 Å². The Morgan fingerprint density at radius 3 is 2.40 bits per heavy atom. The van der Waals surface area contributed by atoms with Crippen LogP contribution in [0.15, 0.2) is 4.47 Å². The molecular weight excluding hydrogens is 256 g/mol.